The lowest BCUT2D eigenvalue weighted by atomic mass is 9.84. The molecule has 6 nitrogen and oxygen atoms in total. The fourth-order valence-electron chi connectivity index (χ4n) is 3.36. The maximum Gasteiger partial charge on any atom is 0.230 e. The predicted octanol–water partition coefficient (Wildman–Crippen LogP) is 2.64. The van der Waals surface area contributed by atoms with Crippen LogP contribution in [0.15, 0.2) is 30.3 Å². The Morgan fingerprint density at radius 1 is 1.33 bits per heavy atom. The summed E-state index contributed by atoms with van der Waals surface area (Å²) >= 11 is 0. The number of aromatic nitrogens is 2. The van der Waals surface area contributed by atoms with Crippen molar-refractivity contribution in [2.24, 2.45) is 11.7 Å². The van der Waals surface area contributed by atoms with Crippen molar-refractivity contribution in [1.29, 1.82) is 0 Å². The van der Waals surface area contributed by atoms with Gasteiger partial charge in [0.1, 0.15) is 17.9 Å². The third kappa shape index (κ3) is 3.64. The molecule has 2 aliphatic carbocycles. The molecule has 0 aliphatic heterocycles. The number of nitrogens with two attached hydrogens (primary N) is 1. The van der Waals surface area contributed by atoms with Gasteiger partial charge in [0.15, 0.2) is 0 Å². The van der Waals surface area contributed by atoms with E-state index in [0.717, 1.165) is 55.6 Å². The lowest BCUT2D eigenvalue weighted by Crippen LogP contribution is -2.40. The van der Waals surface area contributed by atoms with Gasteiger partial charge in [0.2, 0.25) is 5.91 Å². The number of hydrogen-bond acceptors (Lipinski definition) is 5. The van der Waals surface area contributed by atoms with Gasteiger partial charge in [0.05, 0.1) is 18.7 Å². The molecule has 2 atom stereocenters. The van der Waals surface area contributed by atoms with E-state index in [-0.39, 0.29) is 17.9 Å². The molecule has 3 rings (SSSR count). The number of anilines is 1. The van der Waals surface area contributed by atoms with Crippen molar-refractivity contribution in [2.75, 3.05) is 12.4 Å². The van der Waals surface area contributed by atoms with Crippen molar-refractivity contribution >= 4 is 17.3 Å². The van der Waals surface area contributed by atoms with Gasteiger partial charge >= 0.3 is 0 Å². The number of nitrogens with zero attached hydrogens (tertiary/aromatic N) is 2. The van der Waals surface area contributed by atoms with Crippen LogP contribution >= 0.6 is 0 Å². The summed E-state index contributed by atoms with van der Waals surface area (Å²) in [5, 5.41) is 2.90. The Kier molecular flexibility index (Phi) is 5.25. The lowest BCUT2D eigenvalue weighted by molar-refractivity contribution is -0.121. The summed E-state index contributed by atoms with van der Waals surface area (Å²) in [6, 6.07) is 1.72. The Labute approximate surface area is 142 Å². The second-order valence-electron chi connectivity index (χ2n) is 6.31. The van der Waals surface area contributed by atoms with Gasteiger partial charge in [-0.3, -0.25) is 4.79 Å². The van der Waals surface area contributed by atoms with E-state index in [1.54, 1.807) is 13.2 Å². The highest BCUT2D eigenvalue weighted by molar-refractivity contribution is 5.92. The Morgan fingerprint density at radius 2 is 2.17 bits per heavy atom. The van der Waals surface area contributed by atoms with Gasteiger partial charge in [-0.2, -0.15) is 0 Å². The first-order valence-corrected chi connectivity index (χ1v) is 8.51. The van der Waals surface area contributed by atoms with Crippen LogP contribution in [0.3, 0.4) is 0 Å². The summed E-state index contributed by atoms with van der Waals surface area (Å²) in [6.45, 7) is 0. The number of nitrogens with one attached hydrogen (secondary N) is 1. The van der Waals surface area contributed by atoms with E-state index in [1.807, 2.05) is 6.08 Å². The van der Waals surface area contributed by atoms with E-state index >= 15 is 0 Å². The maximum atomic E-state index is 12.5. The molecule has 1 fully saturated rings. The quantitative estimate of drug-likeness (QED) is 0.887. The minimum Gasteiger partial charge on any atom is -0.500 e. The van der Waals surface area contributed by atoms with Gasteiger partial charge in [-0.15, -0.1) is 0 Å². The highest BCUT2D eigenvalue weighted by Crippen LogP contribution is 2.28. The minimum absolute atomic E-state index is 0.0491. The second-order valence-corrected chi connectivity index (χ2v) is 6.31. The molecule has 3 N–H and O–H groups in total. The summed E-state index contributed by atoms with van der Waals surface area (Å²) in [4.78, 5) is 21.0. The van der Waals surface area contributed by atoms with Crippen molar-refractivity contribution in [2.45, 2.75) is 44.6 Å². The highest BCUT2D eigenvalue weighted by atomic mass is 16.5. The van der Waals surface area contributed by atoms with Crippen LogP contribution in [0.25, 0.3) is 5.57 Å². The fraction of sp³-hybridized carbons (Fsp3) is 0.500. The van der Waals surface area contributed by atoms with Crippen LogP contribution in [0.4, 0.5) is 5.82 Å². The second kappa shape index (κ2) is 7.57. The van der Waals surface area contributed by atoms with Gasteiger partial charge in [0, 0.05) is 24.1 Å². The van der Waals surface area contributed by atoms with E-state index in [9.17, 15) is 4.79 Å². The number of allylic oxidation sites excluding steroid dienone is 4. The number of rotatable bonds is 4. The van der Waals surface area contributed by atoms with Crippen molar-refractivity contribution in [1.82, 2.24) is 9.97 Å². The average Bonchev–Trinajstić information content (AvgIpc) is 2.62. The summed E-state index contributed by atoms with van der Waals surface area (Å²) in [5.74, 6) is 1.22. The molecule has 0 saturated heterocycles. The summed E-state index contributed by atoms with van der Waals surface area (Å²) < 4.78 is 5.45. The predicted molar refractivity (Wildman–Crippen MR) is 92.9 cm³/mol. The van der Waals surface area contributed by atoms with E-state index in [1.165, 1.54) is 6.33 Å². The zero-order valence-corrected chi connectivity index (χ0v) is 14.0. The van der Waals surface area contributed by atoms with Crippen LogP contribution in [0.2, 0.25) is 0 Å². The van der Waals surface area contributed by atoms with E-state index in [2.05, 4.69) is 21.4 Å². The Morgan fingerprint density at radius 3 is 2.96 bits per heavy atom. The molecule has 1 saturated carbocycles. The Bertz CT molecular complexity index is 669. The van der Waals surface area contributed by atoms with Gasteiger partial charge < -0.3 is 15.8 Å². The zero-order valence-electron chi connectivity index (χ0n) is 14.0. The van der Waals surface area contributed by atoms with Crippen LogP contribution in [-0.2, 0) is 9.53 Å². The topological polar surface area (TPSA) is 90.1 Å². The molecule has 1 amide bonds. The first-order chi connectivity index (χ1) is 11.7. The van der Waals surface area contributed by atoms with Crippen molar-refractivity contribution < 1.29 is 9.53 Å². The third-order valence-corrected chi connectivity index (χ3v) is 4.72. The molecule has 2 unspecified atom stereocenters. The molecular weight excluding hydrogens is 304 g/mol. The molecule has 0 bridgehead atoms. The van der Waals surface area contributed by atoms with Gasteiger partial charge in [-0.25, -0.2) is 9.97 Å². The molecular formula is C18H24N4O2. The molecule has 0 aromatic carbocycles. The van der Waals surface area contributed by atoms with Crippen LogP contribution < -0.4 is 11.1 Å². The molecule has 0 radical (unpaired) electrons. The maximum absolute atomic E-state index is 12.5. The molecule has 1 aromatic heterocycles. The summed E-state index contributed by atoms with van der Waals surface area (Å²) in [5.41, 5.74) is 7.78. The number of carbonyl (C=O) groups is 1. The minimum atomic E-state index is -0.138. The van der Waals surface area contributed by atoms with Crippen LogP contribution in [0.1, 0.15) is 44.2 Å². The van der Waals surface area contributed by atoms with Crippen LogP contribution in [0, 0.1) is 5.92 Å². The van der Waals surface area contributed by atoms with Gasteiger partial charge in [-0.05, 0) is 19.3 Å². The number of ether oxygens (including phenoxy) is 1. The molecule has 6 heteroatoms. The first-order valence-electron chi connectivity index (χ1n) is 8.51. The fourth-order valence-corrected chi connectivity index (χ4v) is 3.36. The average molecular weight is 328 g/mol. The SMILES string of the molecule is COC1=C(c2cc(NC(=O)C3CCCCC3N)ncn2)C=CCC1. The zero-order chi connectivity index (χ0) is 16.9. The number of amides is 1. The molecule has 2 aliphatic rings. The van der Waals surface area contributed by atoms with Gasteiger partial charge in [0.25, 0.3) is 0 Å². The van der Waals surface area contributed by atoms with E-state index in [0.29, 0.717) is 5.82 Å². The summed E-state index contributed by atoms with van der Waals surface area (Å²) in [6.07, 6.45) is 11.3. The van der Waals surface area contributed by atoms with E-state index < -0.39 is 0 Å². The molecule has 1 aromatic rings. The first kappa shape index (κ1) is 16.6. The molecule has 1 heterocycles. The number of carbonyl (C=O) groups excluding carboxylic acids is 1. The standard InChI is InChI=1S/C18H24N4O2/c1-24-16-9-5-3-7-13(16)15-10-17(21-11-20-15)22-18(23)12-6-2-4-8-14(12)19/h3,7,10-12,14H,2,4-6,8-9,19H2,1H3,(H,20,21,22,23). The summed E-state index contributed by atoms with van der Waals surface area (Å²) in [7, 11) is 1.67. The normalized spacial score (nSPS) is 23.9. The lowest BCUT2D eigenvalue weighted by Gasteiger charge is -2.27. The molecule has 0 spiro atoms. The number of methoxy groups -OCH3 is 1. The van der Waals surface area contributed by atoms with Crippen LogP contribution in [-0.4, -0.2) is 29.0 Å². The van der Waals surface area contributed by atoms with E-state index in [4.69, 9.17) is 10.5 Å². The largest absolute Gasteiger partial charge is 0.500 e. The van der Waals surface area contributed by atoms with Gasteiger partial charge in [-0.1, -0.05) is 25.0 Å². The third-order valence-electron chi connectivity index (χ3n) is 4.72. The Hall–Kier alpha value is -2.21. The monoisotopic (exact) mass is 328 g/mol. The smallest absolute Gasteiger partial charge is 0.230 e. The highest BCUT2D eigenvalue weighted by Gasteiger charge is 2.28. The van der Waals surface area contributed by atoms with Crippen molar-refractivity contribution in [3.63, 3.8) is 0 Å². The van der Waals surface area contributed by atoms with Crippen molar-refractivity contribution in [3.8, 4) is 0 Å². The Balaban J connectivity index is 1.77. The van der Waals surface area contributed by atoms with Crippen LogP contribution in [0.5, 0.6) is 0 Å². The molecule has 128 valence electrons. The number of hydrogen-bond donors (Lipinski definition) is 2. The van der Waals surface area contributed by atoms with Crippen molar-refractivity contribution in [3.05, 3.63) is 36.0 Å². The molecule has 24 heavy (non-hydrogen) atoms.